The number of hydrogen-bond acceptors (Lipinski definition) is 4. The van der Waals surface area contributed by atoms with E-state index in [1.807, 2.05) is 11.9 Å². The van der Waals surface area contributed by atoms with Gasteiger partial charge in [-0.05, 0) is 35.2 Å². The Morgan fingerprint density at radius 2 is 2.25 bits per heavy atom. The van der Waals surface area contributed by atoms with Crippen LogP contribution in [0.15, 0.2) is 21.8 Å². The maximum atomic E-state index is 11.8. The van der Waals surface area contributed by atoms with E-state index in [4.69, 9.17) is 4.74 Å². The van der Waals surface area contributed by atoms with Gasteiger partial charge in [-0.25, -0.2) is 4.99 Å². The molecule has 1 unspecified atom stereocenters. The van der Waals surface area contributed by atoms with Crippen LogP contribution in [0.4, 0.5) is 0 Å². The molecule has 1 N–H and O–H groups in total. The largest absolute Gasteiger partial charge is 0.376 e. The Bertz CT molecular complexity index is 516. The van der Waals surface area contributed by atoms with E-state index in [0.29, 0.717) is 0 Å². The third-order valence-corrected chi connectivity index (χ3v) is 4.47. The lowest BCUT2D eigenvalue weighted by atomic mass is 10.2. The van der Waals surface area contributed by atoms with E-state index >= 15 is 0 Å². The number of halogens is 1. The Morgan fingerprint density at radius 3 is 2.83 bits per heavy atom. The summed E-state index contributed by atoms with van der Waals surface area (Å²) < 4.78 is 5.64. The lowest BCUT2D eigenvalue weighted by Gasteiger charge is -2.23. The van der Waals surface area contributed by atoms with Gasteiger partial charge in [0.2, 0.25) is 5.91 Å². The Balaban J connectivity index is 0.00000288. The second-order valence-electron chi connectivity index (χ2n) is 5.93. The molecule has 0 bridgehead atoms. The fourth-order valence-electron chi connectivity index (χ4n) is 2.34. The van der Waals surface area contributed by atoms with Crippen LogP contribution in [-0.2, 0) is 16.1 Å². The number of nitrogens with one attached hydrogen (secondary N) is 1. The average Bonchev–Trinajstić information content (AvgIpc) is 3.20. The number of ether oxygens (including phenoxy) is 1. The SMILES string of the molecule is CN(C)C(=O)CN=C(NCC1CCCO1)N(C)Cc1ccsc1.I. The van der Waals surface area contributed by atoms with Gasteiger partial charge in [-0.3, -0.25) is 4.79 Å². The van der Waals surface area contributed by atoms with E-state index in [0.717, 1.165) is 38.5 Å². The number of carbonyl (C=O) groups excluding carboxylic acids is 1. The van der Waals surface area contributed by atoms with Gasteiger partial charge in [0, 0.05) is 40.8 Å². The summed E-state index contributed by atoms with van der Waals surface area (Å²) >= 11 is 1.68. The van der Waals surface area contributed by atoms with E-state index in [2.05, 4.69) is 27.1 Å². The van der Waals surface area contributed by atoms with Crippen LogP contribution in [0.25, 0.3) is 0 Å². The predicted molar refractivity (Wildman–Crippen MR) is 109 cm³/mol. The standard InChI is InChI=1S/C16H26N4O2S.HI/c1-19(2)15(21)10-18-16(17-9-14-5-4-7-22-14)20(3)11-13-6-8-23-12-13;/h6,8,12,14H,4-5,7,9-11H2,1-3H3,(H,17,18);1H. The number of hydrogen-bond donors (Lipinski definition) is 1. The van der Waals surface area contributed by atoms with Crippen molar-refractivity contribution >= 4 is 47.2 Å². The highest BCUT2D eigenvalue weighted by molar-refractivity contribution is 14.0. The summed E-state index contributed by atoms with van der Waals surface area (Å²) in [6.07, 6.45) is 2.42. The zero-order valence-corrected chi connectivity index (χ0v) is 17.7. The number of likely N-dealkylation sites (N-methyl/N-ethyl adjacent to an activating group) is 1. The van der Waals surface area contributed by atoms with Crippen molar-refractivity contribution in [3.8, 4) is 0 Å². The number of carbonyl (C=O) groups is 1. The number of aliphatic imine (C=N–C) groups is 1. The van der Waals surface area contributed by atoms with Crippen molar-refractivity contribution in [2.45, 2.75) is 25.5 Å². The molecule has 1 amide bonds. The quantitative estimate of drug-likeness (QED) is 0.396. The fourth-order valence-corrected chi connectivity index (χ4v) is 3.00. The molecule has 1 fully saturated rings. The number of amides is 1. The minimum absolute atomic E-state index is 0. The van der Waals surface area contributed by atoms with Gasteiger partial charge in [0.25, 0.3) is 0 Å². The second-order valence-corrected chi connectivity index (χ2v) is 6.71. The van der Waals surface area contributed by atoms with Crippen LogP contribution in [0.3, 0.4) is 0 Å². The Labute approximate surface area is 165 Å². The van der Waals surface area contributed by atoms with Crippen LogP contribution in [0, 0.1) is 0 Å². The first-order chi connectivity index (χ1) is 11.1. The molecule has 6 nitrogen and oxygen atoms in total. The molecule has 0 aliphatic carbocycles. The molecule has 1 aliphatic rings. The summed E-state index contributed by atoms with van der Waals surface area (Å²) in [4.78, 5) is 19.9. The third-order valence-electron chi connectivity index (χ3n) is 3.74. The molecule has 0 saturated carbocycles. The number of thiophene rings is 1. The molecule has 0 spiro atoms. The highest BCUT2D eigenvalue weighted by Gasteiger charge is 2.17. The van der Waals surface area contributed by atoms with E-state index in [-0.39, 0.29) is 42.5 Å². The van der Waals surface area contributed by atoms with Crippen LogP contribution >= 0.6 is 35.3 Å². The molecular formula is C16H27IN4O2S. The smallest absolute Gasteiger partial charge is 0.243 e. The number of nitrogens with zero attached hydrogens (tertiary/aromatic N) is 3. The van der Waals surface area contributed by atoms with Crippen molar-refractivity contribution in [1.82, 2.24) is 15.1 Å². The van der Waals surface area contributed by atoms with E-state index in [9.17, 15) is 4.79 Å². The molecule has 0 aromatic carbocycles. The molecule has 2 rings (SSSR count). The van der Waals surface area contributed by atoms with Crippen LogP contribution in [0.2, 0.25) is 0 Å². The average molecular weight is 466 g/mol. The first-order valence-electron chi connectivity index (χ1n) is 7.88. The topological polar surface area (TPSA) is 57.2 Å². The van der Waals surface area contributed by atoms with Gasteiger partial charge in [0.05, 0.1) is 6.10 Å². The van der Waals surface area contributed by atoms with Gasteiger partial charge >= 0.3 is 0 Å². The Kier molecular flexibility index (Phi) is 9.60. The maximum absolute atomic E-state index is 11.8. The Morgan fingerprint density at radius 1 is 1.46 bits per heavy atom. The highest BCUT2D eigenvalue weighted by atomic mass is 127. The van der Waals surface area contributed by atoms with E-state index in [1.54, 1.807) is 30.3 Å². The Hall–Kier alpha value is -0.870. The molecule has 1 saturated heterocycles. The normalized spacial score (nSPS) is 17.3. The van der Waals surface area contributed by atoms with Gasteiger partial charge in [0.15, 0.2) is 5.96 Å². The van der Waals surface area contributed by atoms with Gasteiger partial charge in [-0.1, -0.05) is 0 Å². The van der Waals surface area contributed by atoms with E-state index < -0.39 is 0 Å². The monoisotopic (exact) mass is 466 g/mol. The first-order valence-corrected chi connectivity index (χ1v) is 8.83. The summed E-state index contributed by atoms with van der Waals surface area (Å²) in [5, 5.41) is 7.54. The molecule has 1 aromatic heterocycles. The van der Waals surface area contributed by atoms with Crippen molar-refractivity contribution in [2.75, 3.05) is 40.8 Å². The van der Waals surface area contributed by atoms with Crippen LogP contribution in [0.5, 0.6) is 0 Å². The molecule has 2 heterocycles. The number of rotatable bonds is 6. The summed E-state index contributed by atoms with van der Waals surface area (Å²) in [7, 11) is 5.47. The molecular weight excluding hydrogens is 439 g/mol. The highest BCUT2D eigenvalue weighted by Crippen LogP contribution is 2.11. The fraction of sp³-hybridized carbons (Fsp3) is 0.625. The maximum Gasteiger partial charge on any atom is 0.243 e. The van der Waals surface area contributed by atoms with E-state index in [1.165, 1.54) is 5.56 Å². The zero-order chi connectivity index (χ0) is 16.7. The summed E-state index contributed by atoms with van der Waals surface area (Å²) in [5.41, 5.74) is 1.24. The predicted octanol–water partition coefficient (Wildman–Crippen LogP) is 2.01. The van der Waals surface area contributed by atoms with Crippen LogP contribution in [0.1, 0.15) is 18.4 Å². The van der Waals surface area contributed by atoms with Crippen molar-refractivity contribution in [3.63, 3.8) is 0 Å². The minimum Gasteiger partial charge on any atom is -0.376 e. The third kappa shape index (κ3) is 6.94. The van der Waals surface area contributed by atoms with Crippen molar-refractivity contribution in [2.24, 2.45) is 4.99 Å². The van der Waals surface area contributed by atoms with Gasteiger partial charge in [-0.2, -0.15) is 11.3 Å². The molecule has 0 radical (unpaired) electrons. The summed E-state index contributed by atoms with van der Waals surface area (Å²) in [6.45, 7) is 2.47. The lowest BCUT2D eigenvalue weighted by molar-refractivity contribution is -0.127. The molecule has 8 heteroatoms. The van der Waals surface area contributed by atoms with Crippen molar-refractivity contribution in [3.05, 3.63) is 22.4 Å². The molecule has 24 heavy (non-hydrogen) atoms. The molecule has 1 atom stereocenters. The second kappa shape index (κ2) is 10.9. The zero-order valence-electron chi connectivity index (χ0n) is 14.5. The van der Waals surface area contributed by atoms with Crippen molar-refractivity contribution in [1.29, 1.82) is 0 Å². The minimum atomic E-state index is -0.00894. The van der Waals surface area contributed by atoms with Gasteiger partial charge < -0.3 is 19.9 Å². The van der Waals surface area contributed by atoms with Crippen LogP contribution < -0.4 is 5.32 Å². The van der Waals surface area contributed by atoms with Gasteiger partial charge in [-0.15, -0.1) is 24.0 Å². The summed E-state index contributed by atoms with van der Waals surface area (Å²) in [5.74, 6) is 0.729. The van der Waals surface area contributed by atoms with Gasteiger partial charge in [0.1, 0.15) is 6.54 Å². The van der Waals surface area contributed by atoms with Crippen LogP contribution in [-0.4, -0.2) is 68.6 Å². The molecule has 1 aliphatic heterocycles. The lowest BCUT2D eigenvalue weighted by Crippen LogP contribution is -2.42. The molecule has 136 valence electrons. The van der Waals surface area contributed by atoms with Crippen molar-refractivity contribution < 1.29 is 9.53 Å². The number of guanidine groups is 1. The summed E-state index contributed by atoms with van der Waals surface area (Å²) in [6, 6.07) is 2.10. The molecule has 1 aromatic rings. The first kappa shape index (κ1) is 21.2.